The number of benzene rings is 2. The van der Waals surface area contributed by atoms with Gasteiger partial charge in [0.05, 0.1) is 5.69 Å². The van der Waals surface area contributed by atoms with E-state index in [0.717, 1.165) is 11.1 Å². The average Bonchev–Trinajstić information content (AvgIpc) is 2.68. The van der Waals surface area contributed by atoms with Crippen LogP contribution in [0.1, 0.15) is 17.5 Å². The third kappa shape index (κ3) is 4.88. The van der Waals surface area contributed by atoms with E-state index in [1.165, 1.54) is 0 Å². The molecule has 4 N–H and O–H groups in total. The average molecular weight is 362 g/mol. The maximum Gasteiger partial charge on any atom is 0.303 e. The number of aliphatic carboxylic acids is 1. The zero-order valence-corrected chi connectivity index (χ0v) is 14.4. The maximum atomic E-state index is 10.6. The number of aromatic nitrogens is 2. The van der Waals surface area contributed by atoms with Gasteiger partial charge in [0.2, 0.25) is 5.88 Å². The van der Waals surface area contributed by atoms with Crippen molar-refractivity contribution in [2.75, 3.05) is 0 Å². The van der Waals surface area contributed by atoms with E-state index < -0.39 is 5.97 Å². The lowest BCUT2D eigenvalue weighted by atomic mass is 10.1. The lowest BCUT2D eigenvalue weighted by Crippen LogP contribution is -2.10. The van der Waals surface area contributed by atoms with Crippen molar-refractivity contribution in [3.8, 4) is 22.9 Å². The van der Waals surface area contributed by atoms with Crippen LogP contribution < -0.4 is 10.5 Å². The molecular weight excluding hydrogens is 344 g/mol. The Kier molecular flexibility index (Phi) is 5.41. The van der Waals surface area contributed by atoms with Gasteiger partial charge in [-0.3, -0.25) is 10.2 Å². The minimum atomic E-state index is -0.818. The molecule has 136 valence electrons. The third-order valence-corrected chi connectivity index (χ3v) is 3.91. The van der Waals surface area contributed by atoms with Gasteiger partial charge in [-0.15, -0.1) is 10.2 Å². The molecule has 0 saturated carbocycles. The van der Waals surface area contributed by atoms with Crippen molar-refractivity contribution in [3.05, 3.63) is 71.8 Å². The molecule has 0 saturated heterocycles. The second-order valence-electron chi connectivity index (χ2n) is 5.89. The number of nitrogens with one attached hydrogen (secondary N) is 1. The molecule has 0 aliphatic carbocycles. The van der Waals surface area contributed by atoms with E-state index in [4.69, 9.17) is 21.0 Å². The number of carboxylic acids is 1. The standard InChI is InChI=1S/C20H18N4O3/c21-20(22)15-6-4-14(5-7-15)17-10-11-18(24-23-17)27-16-8-1-13(2-9-16)3-12-19(25)26/h1-2,4-11H,3,12H2,(H3,21,22)(H,25,26). The molecule has 0 fully saturated rings. The number of hydrogen-bond donors (Lipinski definition) is 3. The number of carbonyl (C=O) groups is 1. The Hall–Kier alpha value is -3.74. The van der Waals surface area contributed by atoms with Crippen LogP contribution in [0.15, 0.2) is 60.7 Å². The van der Waals surface area contributed by atoms with Crippen LogP contribution in [0, 0.1) is 5.41 Å². The smallest absolute Gasteiger partial charge is 0.303 e. The fourth-order valence-corrected chi connectivity index (χ4v) is 2.45. The van der Waals surface area contributed by atoms with Crippen LogP contribution in [-0.4, -0.2) is 27.1 Å². The molecule has 7 nitrogen and oxygen atoms in total. The van der Waals surface area contributed by atoms with Crippen LogP contribution >= 0.6 is 0 Å². The topological polar surface area (TPSA) is 122 Å². The molecule has 1 aromatic heterocycles. The van der Waals surface area contributed by atoms with Gasteiger partial charge in [0.1, 0.15) is 11.6 Å². The lowest BCUT2D eigenvalue weighted by Gasteiger charge is -2.06. The van der Waals surface area contributed by atoms with Gasteiger partial charge in [0.15, 0.2) is 0 Å². The number of nitrogens with two attached hydrogens (primary N) is 1. The zero-order chi connectivity index (χ0) is 19.2. The molecule has 3 rings (SSSR count). The van der Waals surface area contributed by atoms with Gasteiger partial charge in [-0.25, -0.2) is 0 Å². The van der Waals surface area contributed by atoms with Gasteiger partial charge in [-0.1, -0.05) is 36.4 Å². The summed E-state index contributed by atoms with van der Waals surface area (Å²) in [6.45, 7) is 0. The summed E-state index contributed by atoms with van der Waals surface area (Å²) in [4.78, 5) is 10.6. The molecule has 0 spiro atoms. The third-order valence-electron chi connectivity index (χ3n) is 3.91. The highest BCUT2D eigenvalue weighted by Gasteiger charge is 2.05. The fourth-order valence-electron chi connectivity index (χ4n) is 2.45. The van der Waals surface area contributed by atoms with E-state index in [-0.39, 0.29) is 12.3 Å². The summed E-state index contributed by atoms with van der Waals surface area (Å²) in [6.07, 6.45) is 0.576. The van der Waals surface area contributed by atoms with Crippen LogP contribution in [0.5, 0.6) is 11.6 Å². The van der Waals surface area contributed by atoms with Crippen molar-refractivity contribution < 1.29 is 14.6 Å². The Morgan fingerprint density at radius 1 is 1.00 bits per heavy atom. The molecule has 0 radical (unpaired) electrons. The summed E-state index contributed by atoms with van der Waals surface area (Å²) in [6, 6.07) is 17.9. The van der Waals surface area contributed by atoms with Gasteiger partial charge >= 0.3 is 5.97 Å². The van der Waals surface area contributed by atoms with Crippen LogP contribution in [-0.2, 0) is 11.2 Å². The molecule has 27 heavy (non-hydrogen) atoms. The molecule has 1 heterocycles. The van der Waals surface area contributed by atoms with Gasteiger partial charge < -0.3 is 15.6 Å². The first-order valence-corrected chi connectivity index (χ1v) is 8.28. The van der Waals surface area contributed by atoms with Crippen molar-refractivity contribution in [2.45, 2.75) is 12.8 Å². The Labute approximate surface area is 156 Å². The molecule has 0 unspecified atom stereocenters. The second-order valence-corrected chi connectivity index (χ2v) is 5.89. The van der Waals surface area contributed by atoms with Gasteiger partial charge in [0, 0.05) is 23.6 Å². The molecule has 0 atom stereocenters. The normalized spacial score (nSPS) is 10.4. The lowest BCUT2D eigenvalue weighted by molar-refractivity contribution is -0.136. The number of nitrogens with zero attached hydrogens (tertiary/aromatic N) is 2. The Morgan fingerprint density at radius 2 is 1.70 bits per heavy atom. The number of nitrogen functional groups attached to an aromatic ring is 1. The van der Waals surface area contributed by atoms with Crippen LogP contribution in [0.4, 0.5) is 0 Å². The van der Waals surface area contributed by atoms with E-state index in [0.29, 0.717) is 29.3 Å². The second kappa shape index (κ2) is 8.09. The summed E-state index contributed by atoms with van der Waals surface area (Å²) >= 11 is 0. The Bertz CT molecular complexity index is 936. The number of amidine groups is 1. The van der Waals surface area contributed by atoms with E-state index in [9.17, 15) is 4.79 Å². The first-order valence-electron chi connectivity index (χ1n) is 8.28. The first kappa shape index (κ1) is 18.1. The van der Waals surface area contributed by atoms with Crippen LogP contribution in [0.25, 0.3) is 11.3 Å². The van der Waals surface area contributed by atoms with Crippen molar-refractivity contribution >= 4 is 11.8 Å². The molecule has 0 amide bonds. The van der Waals surface area contributed by atoms with E-state index in [1.54, 1.807) is 36.4 Å². The zero-order valence-electron chi connectivity index (χ0n) is 14.4. The summed E-state index contributed by atoms with van der Waals surface area (Å²) in [7, 11) is 0. The van der Waals surface area contributed by atoms with Crippen molar-refractivity contribution in [1.29, 1.82) is 5.41 Å². The Morgan fingerprint density at radius 3 is 2.26 bits per heavy atom. The van der Waals surface area contributed by atoms with E-state index in [1.807, 2.05) is 24.3 Å². The quantitative estimate of drug-likeness (QED) is 0.438. The molecule has 0 aliphatic rings. The fraction of sp³-hybridized carbons (Fsp3) is 0.100. The van der Waals surface area contributed by atoms with Gasteiger partial charge in [-0.05, 0) is 30.2 Å². The van der Waals surface area contributed by atoms with Crippen molar-refractivity contribution in [2.24, 2.45) is 5.73 Å². The monoisotopic (exact) mass is 362 g/mol. The van der Waals surface area contributed by atoms with Gasteiger partial charge in [-0.2, -0.15) is 0 Å². The number of ether oxygens (including phenoxy) is 1. The predicted octanol–water partition coefficient (Wildman–Crippen LogP) is 3.24. The molecular formula is C20H18N4O3. The van der Waals surface area contributed by atoms with Crippen molar-refractivity contribution in [3.63, 3.8) is 0 Å². The van der Waals surface area contributed by atoms with Gasteiger partial charge in [0.25, 0.3) is 0 Å². The summed E-state index contributed by atoms with van der Waals surface area (Å²) in [5.74, 6) is 0.159. The van der Waals surface area contributed by atoms with Crippen molar-refractivity contribution in [1.82, 2.24) is 10.2 Å². The molecule has 0 aliphatic heterocycles. The summed E-state index contributed by atoms with van der Waals surface area (Å²) in [5, 5.41) is 24.4. The van der Waals surface area contributed by atoms with Crippen LogP contribution in [0.3, 0.4) is 0 Å². The largest absolute Gasteiger partial charge is 0.481 e. The highest BCUT2D eigenvalue weighted by molar-refractivity contribution is 5.95. The molecule has 3 aromatic rings. The number of carboxylic acid groups (broad SMARTS) is 1. The number of rotatable bonds is 7. The minimum Gasteiger partial charge on any atom is -0.481 e. The summed E-state index contributed by atoms with van der Waals surface area (Å²) in [5.41, 5.74) is 8.57. The Balaban J connectivity index is 1.65. The van der Waals surface area contributed by atoms with E-state index >= 15 is 0 Å². The molecule has 0 bridgehead atoms. The molecule has 7 heteroatoms. The summed E-state index contributed by atoms with van der Waals surface area (Å²) < 4.78 is 5.67. The highest BCUT2D eigenvalue weighted by Crippen LogP contribution is 2.22. The number of hydrogen-bond acceptors (Lipinski definition) is 5. The minimum absolute atomic E-state index is 0.0189. The highest BCUT2D eigenvalue weighted by atomic mass is 16.5. The first-order chi connectivity index (χ1) is 13.0. The number of aryl methyl sites for hydroxylation is 1. The van der Waals surface area contributed by atoms with E-state index in [2.05, 4.69) is 10.2 Å². The SMILES string of the molecule is N=C(N)c1ccc(-c2ccc(Oc3ccc(CCC(=O)O)cc3)nn2)cc1. The maximum absolute atomic E-state index is 10.6. The predicted molar refractivity (Wildman–Crippen MR) is 101 cm³/mol. The molecule has 2 aromatic carbocycles. The van der Waals surface area contributed by atoms with Crippen LogP contribution in [0.2, 0.25) is 0 Å².